The lowest BCUT2D eigenvalue weighted by atomic mass is 10.1. The first-order chi connectivity index (χ1) is 9.67. The lowest BCUT2D eigenvalue weighted by Crippen LogP contribution is -2.27. The minimum atomic E-state index is 0.311. The van der Waals surface area contributed by atoms with Crippen LogP contribution in [0.4, 0.5) is 0 Å². The van der Waals surface area contributed by atoms with Crippen LogP contribution in [0, 0.1) is 0 Å². The number of hydrogen-bond donors (Lipinski definition) is 2. The van der Waals surface area contributed by atoms with Gasteiger partial charge in [-0.3, -0.25) is 0 Å². The van der Waals surface area contributed by atoms with E-state index in [9.17, 15) is 5.11 Å². The summed E-state index contributed by atoms with van der Waals surface area (Å²) in [6.07, 6.45) is 0.935. The van der Waals surface area contributed by atoms with Crippen molar-refractivity contribution in [2.75, 3.05) is 7.11 Å². The molecule has 1 unspecified atom stereocenters. The van der Waals surface area contributed by atoms with Gasteiger partial charge in [-0.1, -0.05) is 24.3 Å². The number of aromatic hydroxyl groups is 1. The fourth-order valence-electron chi connectivity index (χ4n) is 2.13. The number of rotatable bonds is 6. The molecule has 0 heterocycles. The Morgan fingerprint density at radius 3 is 2.55 bits per heavy atom. The van der Waals surface area contributed by atoms with Gasteiger partial charge >= 0.3 is 0 Å². The van der Waals surface area contributed by atoms with Gasteiger partial charge in [-0.25, -0.2) is 0 Å². The maximum atomic E-state index is 9.26. The molecule has 3 heteroatoms. The summed E-state index contributed by atoms with van der Waals surface area (Å²) in [6.45, 7) is 2.98. The highest BCUT2D eigenvalue weighted by atomic mass is 16.5. The van der Waals surface area contributed by atoms with Crippen LogP contribution in [0.2, 0.25) is 0 Å². The second kappa shape index (κ2) is 6.96. The van der Waals surface area contributed by atoms with Crippen molar-refractivity contribution >= 4 is 0 Å². The normalized spacial score (nSPS) is 12.1. The molecule has 20 heavy (non-hydrogen) atoms. The third-order valence-corrected chi connectivity index (χ3v) is 3.27. The minimum absolute atomic E-state index is 0.311. The molecule has 0 saturated heterocycles. The Balaban J connectivity index is 1.85. The first-order valence-electron chi connectivity index (χ1n) is 6.81. The lowest BCUT2D eigenvalue weighted by Gasteiger charge is -2.14. The molecule has 0 bridgehead atoms. The molecule has 0 radical (unpaired) electrons. The Hall–Kier alpha value is -2.00. The van der Waals surface area contributed by atoms with Crippen LogP contribution < -0.4 is 10.1 Å². The van der Waals surface area contributed by atoms with Gasteiger partial charge in [-0.15, -0.1) is 0 Å². The van der Waals surface area contributed by atoms with E-state index in [1.807, 2.05) is 30.3 Å². The van der Waals surface area contributed by atoms with E-state index in [0.717, 1.165) is 18.7 Å². The molecular formula is C17H21NO2. The number of hydrogen-bond acceptors (Lipinski definition) is 3. The van der Waals surface area contributed by atoms with E-state index in [1.165, 1.54) is 11.1 Å². The highest BCUT2D eigenvalue weighted by molar-refractivity contribution is 5.28. The van der Waals surface area contributed by atoms with E-state index >= 15 is 0 Å². The minimum Gasteiger partial charge on any atom is -0.508 e. The predicted octanol–water partition coefficient (Wildman–Crippen LogP) is 3.12. The molecule has 0 aliphatic carbocycles. The first-order valence-corrected chi connectivity index (χ1v) is 6.81. The van der Waals surface area contributed by atoms with Crippen molar-refractivity contribution in [1.29, 1.82) is 0 Å². The quantitative estimate of drug-likeness (QED) is 0.848. The van der Waals surface area contributed by atoms with Crippen molar-refractivity contribution in [3.63, 3.8) is 0 Å². The summed E-state index contributed by atoms with van der Waals surface area (Å²) >= 11 is 0. The number of methoxy groups -OCH3 is 1. The molecule has 0 aliphatic heterocycles. The molecule has 0 saturated carbocycles. The van der Waals surface area contributed by atoms with Crippen molar-refractivity contribution < 1.29 is 9.84 Å². The van der Waals surface area contributed by atoms with Gasteiger partial charge in [0.2, 0.25) is 0 Å². The summed E-state index contributed by atoms with van der Waals surface area (Å²) in [5.74, 6) is 1.20. The smallest absolute Gasteiger partial charge is 0.119 e. The standard InChI is InChI=1S/C17H21NO2/c1-13(10-14-6-8-16(19)9-7-14)18-12-15-4-3-5-17(11-15)20-2/h3-9,11,13,18-19H,10,12H2,1-2H3. The Labute approximate surface area is 120 Å². The number of benzene rings is 2. The summed E-state index contributed by atoms with van der Waals surface area (Å²) in [4.78, 5) is 0. The van der Waals surface area contributed by atoms with Gasteiger partial charge in [0, 0.05) is 12.6 Å². The molecule has 1 atom stereocenters. The highest BCUT2D eigenvalue weighted by Crippen LogP contribution is 2.13. The van der Waals surface area contributed by atoms with Gasteiger partial charge in [0.25, 0.3) is 0 Å². The van der Waals surface area contributed by atoms with Crippen LogP contribution in [-0.4, -0.2) is 18.3 Å². The molecule has 0 fully saturated rings. The molecule has 2 N–H and O–H groups in total. The van der Waals surface area contributed by atoms with E-state index < -0.39 is 0 Å². The van der Waals surface area contributed by atoms with Crippen molar-refractivity contribution in [1.82, 2.24) is 5.32 Å². The third-order valence-electron chi connectivity index (χ3n) is 3.27. The van der Waals surface area contributed by atoms with Crippen molar-refractivity contribution in [2.45, 2.75) is 25.9 Å². The van der Waals surface area contributed by atoms with Crippen LogP contribution in [0.15, 0.2) is 48.5 Å². The topological polar surface area (TPSA) is 41.5 Å². The average Bonchev–Trinajstić information content (AvgIpc) is 2.48. The molecule has 0 aliphatic rings. The van der Waals surface area contributed by atoms with Gasteiger partial charge < -0.3 is 15.2 Å². The van der Waals surface area contributed by atoms with Crippen LogP contribution in [-0.2, 0) is 13.0 Å². The fraction of sp³-hybridized carbons (Fsp3) is 0.294. The Morgan fingerprint density at radius 2 is 1.85 bits per heavy atom. The summed E-state index contributed by atoms with van der Waals surface area (Å²) < 4.78 is 5.22. The lowest BCUT2D eigenvalue weighted by molar-refractivity contribution is 0.414. The van der Waals surface area contributed by atoms with Crippen LogP contribution in [0.25, 0.3) is 0 Å². The molecule has 0 amide bonds. The number of phenols is 1. The third kappa shape index (κ3) is 4.28. The average molecular weight is 271 g/mol. The maximum absolute atomic E-state index is 9.26. The molecular weight excluding hydrogens is 250 g/mol. The molecule has 2 rings (SSSR count). The van der Waals surface area contributed by atoms with E-state index in [2.05, 4.69) is 18.3 Å². The zero-order valence-corrected chi connectivity index (χ0v) is 12.0. The van der Waals surface area contributed by atoms with E-state index in [1.54, 1.807) is 19.2 Å². The molecule has 0 spiro atoms. The predicted molar refractivity (Wildman–Crippen MR) is 81.1 cm³/mol. The number of nitrogens with one attached hydrogen (secondary N) is 1. The van der Waals surface area contributed by atoms with Gasteiger partial charge in [-0.05, 0) is 48.7 Å². The van der Waals surface area contributed by atoms with Crippen LogP contribution in [0.1, 0.15) is 18.1 Å². The SMILES string of the molecule is COc1cccc(CNC(C)Cc2ccc(O)cc2)c1. The van der Waals surface area contributed by atoms with Crippen LogP contribution >= 0.6 is 0 Å². The van der Waals surface area contributed by atoms with E-state index in [4.69, 9.17) is 4.74 Å². The number of phenolic OH excluding ortho intramolecular Hbond substituents is 1. The van der Waals surface area contributed by atoms with Gasteiger partial charge in [0.15, 0.2) is 0 Å². The summed E-state index contributed by atoms with van der Waals surface area (Å²) in [5.41, 5.74) is 2.43. The molecule has 3 nitrogen and oxygen atoms in total. The summed E-state index contributed by atoms with van der Waals surface area (Å²) in [6, 6.07) is 15.8. The summed E-state index contributed by atoms with van der Waals surface area (Å²) in [5, 5.41) is 12.8. The Morgan fingerprint density at radius 1 is 1.10 bits per heavy atom. The molecule has 0 aromatic heterocycles. The number of ether oxygens (including phenoxy) is 1. The van der Waals surface area contributed by atoms with Gasteiger partial charge in [-0.2, -0.15) is 0 Å². The van der Waals surface area contributed by atoms with Crippen molar-refractivity contribution in [2.24, 2.45) is 0 Å². The first kappa shape index (κ1) is 14.4. The largest absolute Gasteiger partial charge is 0.508 e. The summed E-state index contributed by atoms with van der Waals surface area (Å²) in [7, 11) is 1.68. The second-order valence-corrected chi connectivity index (χ2v) is 5.00. The zero-order valence-electron chi connectivity index (χ0n) is 12.0. The second-order valence-electron chi connectivity index (χ2n) is 5.00. The molecule has 106 valence electrons. The van der Waals surface area contributed by atoms with Crippen molar-refractivity contribution in [3.8, 4) is 11.5 Å². The monoisotopic (exact) mass is 271 g/mol. The highest BCUT2D eigenvalue weighted by Gasteiger charge is 2.04. The van der Waals surface area contributed by atoms with E-state index in [0.29, 0.717) is 11.8 Å². The molecule has 2 aromatic rings. The fourth-order valence-corrected chi connectivity index (χ4v) is 2.13. The van der Waals surface area contributed by atoms with Crippen molar-refractivity contribution in [3.05, 3.63) is 59.7 Å². The Bertz CT molecular complexity index is 537. The van der Waals surface area contributed by atoms with Crippen LogP contribution in [0.3, 0.4) is 0 Å². The Kier molecular flexibility index (Phi) is 5.02. The van der Waals surface area contributed by atoms with Gasteiger partial charge in [0.05, 0.1) is 7.11 Å². The van der Waals surface area contributed by atoms with E-state index in [-0.39, 0.29) is 0 Å². The zero-order chi connectivity index (χ0) is 14.4. The maximum Gasteiger partial charge on any atom is 0.119 e. The van der Waals surface area contributed by atoms with Crippen LogP contribution in [0.5, 0.6) is 11.5 Å². The van der Waals surface area contributed by atoms with Gasteiger partial charge in [0.1, 0.15) is 11.5 Å². The molecule has 2 aromatic carbocycles.